The van der Waals surface area contributed by atoms with E-state index in [1.807, 2.05) is 0 Å². The zero-order valence-corrected chi connectivity index (χ0v) is 14.7. The largest absolute Gasteiger partial charge is 0.493 e. The highest BCUT2D eigenvalue weighted by molar-refractivity contribution is 7.99. The van der Waals surface area contributed by atoms with Gasteiger partial charge in [-0.05, 0) is 42.5 Å². The lowest BCUT2D eigenvalue weighted by molar-refractivity contribution is 0.343. The van der Waals surface area contributed by atoms with E-state index in [1.165, 1.54) is 23.9 Å². The van der Waals surface area contributed by atoms with Gasteiger partial charge in [0.05, 0.1) is 11.5 Å². The van der Waals surface area contributed by atoms with E-state index in [0.29, 0.717) is 39.5 Å². The first-order chi connectivity index (χ1) is 11.4. The first kappa shape index (κ1) is 17.1. The van der Waals surface area contributed by atoms with E-state index in [0.717, 1.165) is 0 Å². The molecule has 2 aromatic carbocycles. The molecule has 2 N–H and O–H groups in total. The fraction of sp³-hybridized carbons (Fsp3) is 0.133. The molecule has 9 heteroatoms. The number of oxazole rings is 1. The van der Waals surface area contributed by atoms with Crippen LogP contribution in [0.15, 0.2) is 57.0 Å². The molecule has 0 saturated carbocycles. The normalized spacial score (nSPS) is 11.8. The number of halogens is 1. The smallest absolute Gasteiger partial charge is 0.256 e. The van der Waals surface area contributed by atoms with Gasteiger partial charge in [-0.2, -0.15) is 0 Å². The monoisotopic (exact) mass is 384 g/mol. The van der Waals surface area contributed by atoms with Gasteiger partial charge in [-0.15, -0.1) is 0 Å². The Morgan fingerprint density at radius 2 is 1.96 bits per heavy atom. The van der Waals surface area contributed by atoms with Gasteiger partial charge in [0.2, 0.25) is 10.0 Å². The fourth-order valence-corrected chi connectivity index (χ4v) is 3.29. The Kier molecular flexibility index (Phi) is 5.00. The molecular weight excluding hydrogens is 372 g/mol. The van der Waals surface area contributed by atoms with E-state index in [2.05, 4.69) is 4.98 Å². The minimum atomic E-state index is -3.69. The van der Waals surface area contributed by atoms with E-state index >= 15 is 0 Å². The highest BCUT2D eigenvalue weighted by Crippen LogP contribution is 2.25. The van der Waals surface area contributed by atoms with E-state index in [4.69, 9.17) is 25.9 Å². The van der Waals surface area contributed by atoms with Crippen molar-refractivity contribution >= 4 is 44.5 Å². The molecule has 0 saturated heterocycles. The van der Waals surface area contributed by atoms with E-state index in [1.54, 1.807) is 30.3 Å². The summed E-state index contributed by atoms with van der Waals surface area (Å²) in [6, 6.07) is 11.2. The van der Waals surface area contributed by atoms with Crippen LogP contribution < -0.4 is 9.88 Å². The van der Waals surface area contributed by atoms with Crippen molar-refractivity contribution in [2.45, 2.75) is 10.1 Å². The van der Waals surface area contributed by atoms with Crippen molar-refractivity contribution in [2.24, 2.45) is 5.14 Å². The minimum Gasteiger partial charge on any atom is -0.493 e. The molecule has 0 aliphatic heterocycles. The molecular formula is C15H13ClN2O4S2. The van der Waals surface area contributed by atoms with Crippen molar-refractivity contribution in [1.29, 1.82) is 0 Å². The Balaban J connectivity index is 1.52. The van der Waals surface area contributed by atoms with E-state index in [-0.39, 0.29) is 4.90 Å². The summed E-state index contributed by atoms with van der Waals surface area (Å²) in [5.74, 6) is 1.18. The number of sulfonamides is 1. The summed E-state index contributed by atoms with van der Waals surface area (Å²) in [7, 11) is -3.69. The third-order valence-electron chi connectivity index (χ3n) is 3.06. The Labute approximate surface area is 148 Å². The molecule has 126 valence electrons. The number of rotatable bonds is 6. The van der Waals surface area contributed by atoms with Crippen molar-refractivity contribution in [3.05, 3.63) is 47.5 Å². The molecule has 3 rings (SSSR count). The number of fused-ring (bicyclic) bond motifs is 1. The summed E-state index contributed by atoms with van der Waals surface area (Å²) in [6.45, 7) is 0.416. The lowest BCUT2D eigenvalue weighted by Gasteiger charge is -2.05. The molecule has 1 heterocycles. The molecule has 0 bridgehead atoms. The summed E-state index contributed by atoms with van der Waals surface area (Å²) in [5.41, 5.74) is 1.39. The standard InChI is InChI=1S/C15H13ClN2O4S2/c16-10-1-6-14-13(9-10)18-15(22-14)23-8-7-21-11-2-4-12(5-3-11)24(17,19)20/h1-6,9H,7-8H2,(H2,17,19,20). The molecule has 0 unspecified atom stereocenters. The molecule has 1 aromatic heterocycles. The topological polar surface area (TPSA) is 95.4 Å². The Morgan fingerprint density at radius 3 is 2.67 bits per heavy atom. The summed E-state index contributed by atoms with van der Waals surface area (Å²) in [4.78, 5) is 4.38. The Bertz CT molecular complexity index is 955. The number of nitrogens with zero attached hydrogens (tertiary/aromatic N) is 1. The number of nitrogens with two attached hydrogens (primary N) is 1. The zero-order chi connectivity index (χ0) is 17.2. The van der Waals surface area contributed by atoms with Crippen LogP contribution >= 0.6 is 23.4 Å². The molecule has 24 heavy (non-hydrogen) atoms. The van der Waals surface area contributed by atoms with Gasteiger partial charge in [0.25, 0.3) is 5.22 Å². The van der Waals surface area contributed by atoms with Crippen molar-refractivity contribution in [1.82, 2.24) is 4.98 Å². The number of benzene rings is 2. The molecule has 0 spiro atoms. The number of primary sulfonamides is 1. The summed E-state index contributed by atoms with van der Waals surface area (Å²) in [5, 5.41) is 6.19. The van der Waals surface area contributed by atoms with Gasteiger partial charge in [0.1, 0.15) is 11.3 Å². The van der Waals surface area contributed by atoms with Crippen LogP contribution in [0.4, 0.5) is 0 Å². The lowest BCUT2D eigenvalue weighted by atomic mass is 10.3. The summed E-state index contributed by atoms with van der Waals surface area (Å²) >= 11 is 7.32. The molecule has 0 amide bonds. The minimum absolute atomic E-state index is 0.0503. The van der Waals surface area contributed by atoms with Gasteiger partial charge >= 0.3 is 0 Å². The van der Waals surface area contributed by atoms with Crippen LogP contribution in [-0.4, -0.2) is 25.8 Å². The third-order valence-corrected chi connectivity index (χ3v) is 5.02. The maximum absolute atomic E-state index is 11.2. The quantitative estimate of drug-likeness (QED) is 0.517. The van der Waals surface area contributed by atoms with Crippen LogP contribution in [0.2, 0.25) is 5.02 Å². The second-order valence-electron chi connectivity index (χ2n) is 4.81. The van der Waals surface area contributed by atoms with Gasteiger partial charge < -0.3 is 9.15 Å². The van der Waals surface area contributed by atoms with Crippen LogP contribution in [0, 0.1) is 0 Å². The maximum atomic E-state index is 11.2. The zero-order valence-electron chi connectivity index (χ0n) is 12.3. The van der Waals surface area contributed by atoms with Gasteiger partial charge in [0, 0.05) is 10.8 Å². The van der Waals surface area contributed by atoms with Crippen LogP contribution in [0.5, 0.6) is 5.75 Å². The second kappa shape index (κ2) is 7.02. The van der Waals surface area contributed by atoms with E-state index < -0.39 is 10.0 Å². The maximum Gasteiger partial charge on any atom is 0.256 e. The molecule has 0 aliphatic carbocycles. The predicted octanol–water partition coefficient (Wildman–Crippen LogP) is 3.30. The fourth-order valence-electron chi connectivity index (χ4n) is 1.96. The number of hydrogen-bond donors (Lipinski definition) is 1. The number of hydrogen-bond acceptors (Lipinski definition) is 6. The van der Waals surface area contributed by atoms with Gasteiger partial charge in [-0.1, -0.05) is 23.4 Å². The summed E-state index contributed by atoms with van der Waals surface area (Å²) in [6.07, 6.45) is 0. The van der Waals surface area contributed by atoms with Gasteiger partial charge in [0.15, 0.2) is 5.58 Å². The predicted molar refractivity (Wildman–Crippen MR) is 93.1 cm³/mol. The lowest BCUT2D eigenvalue weighted by Crippen LogP contribution is -2.11. The highest BCUT2D eigenvalue weighted by Gasteiger charge is 2.08. The SMILES string of the molecule is NS(=O)(=O)c1ccc(OCCSc2nc3cc(Cl)ccc3o2)cc1. The molecule has 0 aliphatic rings. The number of thioether (sulfide) groups is 1. The van der Waals surface area contributed by atoms with Gasteiger partial charge in [-0.25, -0.2) is 18.5 Å². The molecule has 0 radical (unpaired) electrons. The first-order valence-electron chi connectivity index (χ1n) is 6.86. The van der Waals surface area contributed by atoms with Crippen LogP contribution in [0.1, 0.15) is 0 Å². The van der Waals surface area contributed by atoms with E-state index in [9.17, 15) is 8.42 Å². The molecule has 0 fully saturated rings. The number of ether oxygens (including phenoxy) is 1. The van der Waals surface area contributed by atoms with Crippen LogP contribution in [-0.2, 0) is 10.0 Å². The highest BCUT2D eigenvalue weighted by atomic mass is 35.5. The third kappa shape index (κ3) is 4.21. The van der Waals surface area contributed by atoms with Crippen molar-refractivity contribution in [3.8, 4) is 5.75 Å². The Hall–Kier alpha value is -1.74. The van der Waals surface area contributed by atoms with Crippen molar-refractivity contribution < 1.29 is 17.6 Å². The first-order valence-corrected chi connectivity index (χ1v) is 9.77. The van der Waals surface area contributed by atoms with Crippen molar-refractivity contribution in [3.63, 3.8) is 0 Å². The second-order valence-corrected chi connectivity index (χ2v) is 7.85. The number of aromatic nitrogens is 1. The summed E-state index contributed by atoms with van der Waals surface area (Å²) < 4.78 is 33.5. The van der Waals surface area contributed by atoms with Crippen molar-refractivity contribution in [2.75, 3.05) is 12.4 Å². The molecule has 6 nitrogen and oxygen atoms in total. The van der Waals surface area contributed by atoms with Crippen LogP contribution in [0.3, 0.4) is 0 Å². The average molecular weight is 385 g/mol. The molecule has 0 atom stereocenters. The average Bonchev–Trinajstić information content (AvgIpc) is 2.93. The Morgan fingerprint density at radius 1 is 1.21 bits per heavy atom. The van der Waals surface area contributed by atoms with Crippen LogP contribution in [0.25, 0.3) is 11.1 Å². The van der Waals surface area contributed by atoms with Gasteiger partial charge in [-0.3, -0.25) is 0 Å². The molecule has 3 aromatic rings.